The van der Waals surface area contributed by atoms with Crippen molar-refractivity contribution in [3.8, 4) is 51.5 Å². The zero-order valence-electron chi connectivity index (χ0n) is 26.2. The molecule has 4 aromatic carbocycles. The molecule has 0 N–H and O–H groups in total. The first kappa shape index (κ1) is 33.9. The summed E-state index contributed by atoms with van der Waals surface area (Å²) in [6.45, 7) is 3.96. The van der Waals surface area contributed by atoms with Gasteiger partial charge in [0.05, 0.1) is 0 Å². The Bertz CT molecular complexity index is 2260. The van der Waals surface area contributed by atoms with E-state index in [-0.39, 0.29) is 42.1 Å². The molecule has 0 unspecified atom stereocenters. The van der Waals surface area contributed by atoms with Gasteiger partial charge in [0.2, 0.25) is 5.95 Å². The molecule has 0 aliphatic heterocycles. The summed E-state index contributed by atoms with van der Waals surface area (Å²) in [4.78, 5) is 18.4. The van der Waals surface area contributed by atoms with Crippen molar-refractivity contribution >= 4 is 21.8 Å². The SMILES string of the molecule is Cc1cnc(-n2c3[c-]c(Oc4[c-]c(-c5ccccn5)ccc4)ccc3c3ccc(Oc4[c-]c(-c5ccccn5)ccc4)[c-]c32)nc1C.[Pt+2].[Pt+2]. The molecule has 0 bridgehead atoms. The van der Waals surface area contributed by atoms with E-state index in [0.717, 1.165) is 55.6 Å². The Hall–Kier alpha value is -4.96. The standard InChI is InChI=1S/C40H25N5O2.2Pt/c1-26-25-43-40(44-27(26)2)45-38-23-32(46-30-11-7-9-28(21-30)36-13-3-5-19-41-36)15-17-34(38)35-18-16-33(24-39(35)45)47-31-12-8-10-29(22-31)37-14-4-6-20-42-37;;/h3-20,25H,1-2H3;;/q-4;2*+2. The van der Waals surface area contributed by atoms with Crippen LogP contribution in [0.15, 0.2) is 116 Å². The monoisotopic (exact) mass is 997 g/mol. The Morgan fingerprint density at radius 3 is 1.51 bits per heavy atom. The molecule has 8 rings (SSSR count). The van der Waals surface area contributed by atoms with Crippen LogP contribution in [0.5, 0.6) is 23.0 Å². The molecule has 0 saturated carbocycles. The van der Waals surface area contributed by atoms with Crippen molar-refractivity contribution in [1.29, 1.82) is 0 Å². The molecule has 0 atom stereocenters. The Morgan fingerprint density at radius 1 is 0.531 bits per heavy atom. The molecule has 0 aliphatic carbocycles. The fourth-order valence-electron chi connectivity index (χ4n) is 5.36. The Balaban J connectivity index is 0.00000208. The van der Waals surface area contributed by atoms with Crippen LogP contribution in [0, 0.1) is 38.1 Å². The van der Waals surface area contributed by atoms with Gasteiger partial charge < -0.3 is 24.0 Å². The molecule has 0 fully saturated rings. The van der Waals surface area contributed by atoms with Gasteiger partial charge in [-0.1, -0.05) is 47.4 Å². The van der Waals surface area contributed by atoms with Crippen LogP contribution in [-0.4, -0.2) is 24.5 Å². The van der Waals surface area contributed by atoms with Gasteiger partial charge in [0.25, 0.3) is 0 Å². The van der Waals surface area contributed by atoms with Crippen molar-refractivity contribution in [2.24, 2.45) is 0 Å². The molecule has 242 valence electrons. The van der Waals surface area contributed by atoms with E-state index in [4.69, 9.17) is 19.4 Å². The maximum atomic E-state index is 6.29. The molecule has 0 spiro atoms. The van der Waals surface area contributed by atoms with Crippen LogP contribution in [0.3, 0.4) is 0 Å². The number of fused-ring (bicyclic) bond motifs is 3. The fourth-order valence-corrected chi connectivity index (χ4v) is 5.36. The summed E-state index contributed by atoms with van der Waals surface area (Å²) in [5.74, 6) is 2.66. The topological polar surface area (TPSA) is 75.0 Å². The summed E-state index contributed by atoms with van der Waals surface area (Å²) >= 11 is 0. The van der Waals surface area contributed by atoms with Gasteiger partial charge in [-0.15, -0.1) is 71.8 Å². The van der Waals surface area contributed by atoms with Crippen molar-refractivity contribution in [2.75, 3.05) is 0 Å². The van der Waals surface area contributed by atoms with E-state index in [0.29, 0.717) is 28.9 Å². The number of aromatic nitrogens is 5. The van der Waals surface area contributed by atoms with Crippen molar-refractivity contribution in [2.45, 2.75) is 13.8 Å². The predicted octanol–water partition coefficient (Wildman–Crippen LogP) is 9.09. The molecule has 4 heterocycles. The van der Waals surface area contributed by atoms with Gasteiger partial charge in [0.15, 0.2) is 0 Å². The number of hydrogen-bond acceptors (Lipinski definition) is 6. The summed E-state index contributed by atoms with van der Waals surface area (Å²) in [7, 11) is 0. The summed E-state index contributed by atoms with van der Waals surface area (Å²) < 4.78 is 14.5. The minimum absolute atomic E-state index is 0. The van der Waals surface area contributed by atoms with Crippen molar-refractivity contribution < 1.29 is 51.6 Å². The number of pyridine rings is 2. The van der Waals surface area contributed by atoms with Gasteiger partial charge in [-0.05, 0) is 42.9 Å². The summed E-state index contributed by atoms with van der Waals surface area (Å²) in [6.07, 6.45) is 5.35. The average molecular weight is 998 g/mol. The molecule has 0 aliphatic rings. The molecule has 0 amide bonds. The van der Waals surface area contributed by atoms with E-state index in [1.54, 1.807) is 12.4 Å². The third-order valence-corrected chi connectivity index (χ3v) is 7.80. The van der Waals surface area contributed by atoms with Crippen LogP contribution in [0.4, 0.5) is 0 Å². The minimum atomic E-state index is 0. The van der Waals surface area contributed by atoms with Crippen LogP contribution >= 0.6 is 0 Å². The van der Waals surface area contributed by atoms with E-state index in [1.165, 1.54) is 0 Å². The molecule has 0 radical (unpaired) electrons. The number of hydrogen-bond donors (Lipinski definition) is 0. The zero-order valence-corrected chi connectivity index (χ0v) is 30.7. The quantitative estimate of drug-likeness (QED) is 0.149. The molecule has 0 saturated heterocycles. The fraction of sp³-hybridized carbons (Fsp3) is 0.0500. The summed E-state index contributed by atoms with van der Waals surface area (Å²) in [5.41, 5.74) is 6.70. The van der Waals surface area contributed by atoms with Crippen molar-refractivity contribution in [3.05, 3.63) is 151 Å². The predicted molar refractivity (Wildman–Crippen MR) is 181 cm³/mol. The zero-order chi connectivity index (χ0) is 31.7. The third-order valence-electron chi connectivity index (χ3n) is 7.80. The minimum Gasteiger partial charge on any atom is -0.503 e. The van der Waals surface area contributed by atoms with E-state index in [9.17, 15) is 0 Å². The number of ether oxygens (including phenoxy) is 2. The maximum absolute atomic E-state index is 6.29. The van der Waals surface area contributed by atoms with Crippen LogP contribution in [0.2, 0.25) is 0 Å². The van der Waals surface area contributed by atoms with Crippen molar-refractivity contribution in [1.82, 2.24) is 24.5 Å². The van der Waals surface area contributed by atoms with Gasteiger partial charge >= 0.3 is 42.1 Å². The van der Waals surface area contributed by atoms with Gasteiger partial charge in [-0.25, -0.2) is 9.97 Å². The molecule has 8 aromatic rings. The number of nitrogens with zero attached hydrogens (tertiary/aromatic N) is 5. The molecule has 4 aromatic heterocycles. The average Bonchev–Trinajstić information content (AvgIpc) is 3.43. The molecule has 9 heteroatoms. The number of benzene rings is 4. The largest absolute Gasteiger partial charge is 2.00 e. The molecule has 7 nitrogen and oxygen atoms in total. The molecular weight excluding hydrogens is 973 g/mol. The Labute approximate surface area is 312 Å². The summed E-state index contributed by atoms with van der Waals surface area (Å²) in [6, 6.07) is 44.5. The van der Waals surface area contributed by atoms with Gasteiger partial charge in [-0.2, -0.15) is 22.9 Å². The first-order valence-corrected chi connectivity index (χ1v) is 15.1. The number of aryl methyl sites for hydroxylation is 2. The van der Waals surface area contributed by atoms with Crippen molar-refractivity contribution in [3.63, 3.8) is 0 Å². The Morgan fingerprint density at radius 2 is 1.04 bits per heavy atom. The second-order valence-corrected chi connectivity index (χ2v) is 10.9. The van der Waals surface area contributed by atoms with Gasteiger partial charge in [0.1, 0.15) is 0 Å². The van der Waals surface area contributed by atoms with Crippen LogP contribution in [0.1, 0.15) is 11.3 Å². The first-order chi connectivity index (χ1) is 23.1. The summed E-state index contributed by atoms with van der Waals surface area (Å²) in [5, 5.41) is 1.90. The van der Waals surface area contributed by atoms with Crippen LogP contribution in [-0.2, 0) is 42.1 Å². The van der Waals surface area contributed by atoms with Crippen LogP contribution in [0.25, 0.3) is 50.3 Å². The van der Waals surface area contributed by atoms with E-state index >= 15 is 0 Å². The van der Waals surface area contributed by atoms with Gasteiger partial charge in [0, 0.05) is 47.3 Å². The second kappa shape index (κ2) is 14.7. The van der Waals surface area contributed by atoms with Gasteiger partial charge in [-0.3, -0.25) is 0 Å². The maximum Gasteiger partial charge on any atom is 2.00 e. The molecule has 49 heavy (non-hydrogen) atoms. The second-order valence-electron chi connectivity index (χ2n) is 10.9. The smallest absolute Gasteiger partial charge is 0.503 e. The number of rotatable bonds is 7. The normalized spacial score (nSPS) is 10.7. The van der Waals surface area contributed by atoms with E-state index < -0.39 is 0 Å². The third kappa shape index (κ3) is 6.96. The van der Waals surface area contributed by atoms with E-state index in [2.05, 4.69) is 34.2 Å². The van der Waals surface area contributed by atoms with E-state index in [1.807, 2.05) is 122 Å². The first-order valence-electron chi connectivity index (χ1n) is 15.1. The molecular formula is C40H25N5O2Pt2. The van der Waals surface area contributed by atoms with Crippen LogP contribution < -0.4 is 9.47 Å². The Kier molecular flexibility index (Phi) is 10.1.